The van der Waals surface area contributed by atoms with Gasteiger partial charge in [0.25, 0.3) is 0 Å². The molecule has 2 unspecified atom stereocenters. The molecule has 1 fully saturated rings. The number of piperidine rings is 1. The molecular weight excluding hydrogens is 312 g/mol. The van der Waals surface area contributed by atoms with Gasteiger partial charge in [0.05, 0.1) is 11.5 Å². The lowest BCUT2D eigenvalue weighted by molar-refractivity contribution is 0.227. The molecule has 0 aromatic heterocycles. The molecule has 19 heavy (non-hydrogen) atoms. The normalized spacial score (nSPS) is 23.6. The van der Waals surface area contributed by atoms with Crippen LogP contribution in [-0.2, 0) is 19.9 Å². The number of halogens is 1. The Morgan fingerprint density at radius 1 is 1.21 bits per heavy atom. The summed E-state index contributed by atoms with van der Waals surface area (Å²) >= 11 is 0. The first-order chi connectivity index (χ1) is 8.13. The zero-order chi connectivity index (χ0) is 14.0. The minimum Gasteiger partial charge on any atom is -0.326 e. The van der Waals surface area contributed by atoms with Crippen molar-refractivity contribution in [1.29, 1.82) is 0 Å². The van der Waals surface area contributed by atoms with E-state index in [2.05, 4.69) is 0 Å². The maximum Gasteiger partial charge on any atom is 0.215 e. The summed E-state index contributed by atoms with van der Waals surface area (Å²) in [7, 11) is -6.81. The van der Waals surface area contributed by atoms with Crippen molar-refractivity contribution in [3.05, 3.63) is 0 Å². The highest BCUT2D eigenvalue weighted by molar-refractivity contribution is 7.93. The van der Waals surface area contributed by atoms with Crippen LogP contribution in [0, 0.1) is 0 Å². The average molecular weight is 335 g/mol. The number of hydrogen-bond acceptors (Lipinski definition) is 5. The van der Waals surface area contributed by atoms with Crippen LogP contribution in [0.1, 0.15) is 26.2 Å². The third kappa shape index (κ3) is 5.95. The predicted octanol–water partition coefficient (Wildman–Crippen LogP) is -0.0157. The zero-order valence-corrected chi connectivity index (χ0v) is 13.7. The van der Waals surface area contributed by atoms with Crippen molar-refractivity contribution in [1.82, 2.24) is 4.31 Å². The van der Waals surface area contributed by atoms with Crippen molar-refractivity contribution in [3.63, 3.8) is 0 Å². The Morgan fingerprint density at radius 3 is 2.26 bits per heavy atom. The van der Waals surface area contributed by atoms with Gasteiger partial charge in [0, 0.05) is 24.9 Å². The largest absolute Gasteiger partial charge is 0.326 e. The summed E-state index contributed by atoms with van der Waals surface area (Å²) in [4.78, 5) is 0. The Morgan fingerprint density at radius 2 is 1.79 bits per heavy atom. The smallest absolute Gasteiger partial charge is 0.215 e. The van der Waals surface area contributed by atoms with E-state index < -0.39 is 19.9 Å². The molecule has 1 heterocycles. The molecule has 0 aromatic carbocycles. The van der Waals surface area contributed by atoms with Crippen molar-refractivity contribution in [2.24, 2.45) is 5.73 Å². The fourth-order valence-corrected chi connectivity index (χ4v) is 5.58. The minimum absolute atomic E-state index is 0. The second kappa shape index (κ2) is 7.21. The van der Waals surface area contributed by atoms with Crippen LogP contribution in [0.4, 0.5) is 0 Å². The summed E-state index contributed by atoms with van der Waals surface area (Å²) in [6.07, 6.45) is 3.56. The number of hydrogen-bond donors (Lipinski definition) is 1. The van der Waals surface area contributed by atoms with E-state index in [1.807, 2.05) is 0 Å². The molecule has 0 bridgehead atoms. The Hall–Kier alpha value is 0.110. The highest BCUT2D eigenvalue weighted by Gasteiger charge is 2.34. The number of nitrogens with zero attached hydrogens (tertiary/aromatic N) is 1. The van der Waals surface area contributed by atoms with Gasteiger partial charge in [-0.15, -0.1) is 12.4 Å². The lowest BCUT2D eigenvalue weighted by atomic mass is 10.00. The summed E-state index contributed by atoms with van der Waals surface area (Å²) in [6, 6.07) is -0.443. The molecule has 0 aliphatic carbocycles. The molecule has 0 spiro atoms. The van der Waals surface area contributed by atoms with Gasteiger partial charge in [-0.3, -0.25) is 0 Å². The van der Waals surface area contributed by atoms with Crippen molar-refractivity contribution in [3.8, 4) is 0 Å². The third-order valence-electron chi connectivity index (χ3n) is 3.17. The van der Waals surface area contributed by atoms with E-state index in [9.17, 15) is 16.8 Å². The summed E-state index contributed by atoms with van der Waals surface area (Å²) in [6.45, 7) is 2.23. The van der Waals surface area contributed by atoms with Crippen LogP contribution >= 0.6 is 12.4 Å². The van der Waals surface area contributed by atoms with E-state index >= 15 is 0 Å². The van der Waals surface area contributed by atoms with Gasteiger partial charge in [0.1, 0.15) is 9.84 Å². The van der Waals surface area contributed by atoms with Crippen LogP contribution in [0.2, 0.25) is 0 Å². The Balaban J connectivity index is 0.00000324. The highest BCUT2D eigenvalue weighted by atomic mass is 35.5. The van der Waals surface area contributed by atoms with Crippen LogP contribution in [0.25, 0.3) is 0 Å². The van der Waals surface area contributed by atoms with Gasteiger partial charge in [0.15, 0.2) is 0 Å². The standard InChI is InChI=1S/C10H22N2O4S2.ClH/c1-9(11)10-5-3-4-6-12(10)18(15,16)8-7-17(2,13)14;/h9-10H,3-8,11H2,1-2H3;1H. The second-order valence-corrected chi connectivity index (χ2v) is 9.28. The first kappa shape index (κ1) is 19.1. The van der Waals surface area contributed by atoms with Crippen molar-refractivity contribution < 1.29 is 16.8 Å². The minimum atomic E-state index is -3.54. The molecule has 0 radical (unpaired) electrons. The lowest BCUT2D eigenvalue weighted by Gasteiger charge is -2.36. The summed E-state index contributed by atoms with van der Waals surface area (Å²) in [5, 5.41) is 0. The van der Waals surface area contributed by atoms with Gasteiger partial charge in [0.2, 0.25) is 10.0 Å². The monoisotopic (exact) mass is 334 g/mol. The topological polar surface area (TPSA) is 97.5 Å². The maximum atomic E-state index is 12.2. The maximum absolute atomic E-state index is 12.2. The molecule has 1 aliphatic rings. The molecule has 0 saturated carbocycles. The number of sulfonamides is 1. The molecule has 1 aliphatic heterocycles. The fourth-order valence-electron chi connectivity index (χ4n) is 2.18. The molecule has 116 valence electrons. The Kier molecular flexibility index (Phi) is 7.26. The number of nitrogens with two attached hydrogens (primary N) is 1. The van der Waals surface area contributed by atoms with Gasteiger partial charge >= 0.3 is 0 Å². The van der Waals surface area contributed by atoms with Gasteiger partial charge < -0.3 is 5.73 Å². The summed E-state index contributed by atoms with van der Waals surface area (Å²) in [5.41, 5.74) is 5.81. The van der Waals surface area contributed by atoms with Crippen LogP contribution in [0.3, 0.4) is 0 Å². The van der Waals surface area contributed by atoms with E-state index in [1.54, 1.807) is 6.92 Å². The first-order valence-corrected chi connectivity index (χ1v) is 9.73. The third-order valence-corrected chi connectivity index (χ3v) is 6.27. The summed E-state index contributed by atoms with van der Waals surface area (Å²) in [5.74, 6) is -0.688. The van der Waals surface area contributed by atoms with Crippen LogP contribution < -0.4 is 5.73 Å². The molecule has 6 nitrogen and oxygen atoms in total. The van der Waals surface area contributed by atoms with Gasteiger partial charge in [-0.2, -0.15) is 4.31 Å². The molecule has 0 amide bonds. The molecule has 1 rings (SSSR count). The SMILES string of the molecule is CC(N)C1CCCCN1S(=O)(=O)CCS(C)(=O)=O.Cl. The molecule has 2 N–H and O–H groups in total. The zero-order valence-electron chi connectivity index (χ0n) is 11.3. The van der Waals surface area contributed by atoms with E-state index in [4.69, 9.17) is 5.73 Å². The molecule has 9 heteroatoms. The van der Waals surface area contributed by atoms with Gasteiger partial charge in [-0.1, -0.05) is 6.42 Å². The Bertz CT molecular complexity index is 476. The second-order valence-electron chi connectivity index (χ2n) is 4.98. The van der Waals surface area contributed by atoms with Gasteiger partial charge in [-0.05, 0) is 19.8 Å². The Labute approximate surface area is 122 Å². The first-order valence-electron chi connectivity index (χ1n) is 6.06. The molecule has 0 aromatic rings. The van der Waals surface area contributed by atoms with Crippen LogP contribution in [0.5, 0.6) is 0 Å². The van der Waals surface area contributed by atoms with E-state index in [0.717, 1.165) is 25.5 Å². The van der Waals surface area contributed by atoms with E-state index in [0.29, 0.717) is 6.54 Å². The quantitative estimate of drug-likeness (QED) is 0.762. The van der Waals surface area contributed by atoms with Crippen LogP contribution in [-0.4, -0.2) is 57.5 Å². The number of rotatable bonds is 5. The van der Waals surface area contributed by atoms with Crippen LogP contribution in [0.15, 0.2) is 0 Å². The van der Waals surface area contributed by atoms with Crippen molar-refractivity contribution in [2.45, 2.75) is 38.3 Å². The van der Waals surface area contributed by atoms with Crippen molar-refractivity contribution >= 4 is 32.3 Å². The molecule has 2 atom stereocenters. The molecular formula is C10H23ClN2O4S2. The number of sulfone groups is 1. The highest BCUT2D eigenvalue weighted by Crippen LogP contribution is 2.22. The van der Waals surface area contributed by atoms with E-state index in [-0.39, 0.29) is 36.0 Å². The summed E-state index contributed by atoms with van der Waals surface area (Å²) < 4.78 is 47.8. The van der Waals surface area contributed by atoms with Crippen molar-refractivity contribution in [2.75, 3.05) is 24.3 Å². The fraction of sp³-hybridized carbons (Fsp3) is 1.00. The van der Waals surface area contributed by atoms with Gasteiger partial charge in [-0.25, -0.2) is 16.8 Å². The average Bonchev–Trinajstić information content (AvgIpc) is 2.26. The predicted molar refractivity (Wildman–Crippen MR) is 78.7 cm³/mol. The molecule has 1 saturated heterocycles. The lowest BCUT2D eigenvalue weighted by Crippen LogP contribution is -2.52. The van der Waals surface area contributed by atoms with E-state index in [1.165, 1.54) is 4.31 Å².